The van der Waals surface area contributed by atoms with Crippen molar-refractivity contribution in [1.29, 1.82) is 0 Å². The number of hydrogen-bond donors (Lipinski definition) is 1. The molecule has 1 aromatic heterocycles. The normalized spacial score (nSPS) is 12.4. The summed E-state index contributed by atoms with van der Waals surface area (Å²) in [5.74, 6) is -0.538. The number of carboxylic acids is 1. The van der Waals surface area contributed by atoms with E-state index >= 15 is 0 Å². The summed E-state index contributed by atoms with van der Waals surface area (Å²) in [4.78, 5) is 12.6. The Balaban J connectivity index is 2.82. The number of rotatable bonds is 6. The molecule has 0 fully saturated rings. The van der Waals surface area contributed by atoms with Crippen molar-refractivity contribution >= 4 is 11.9 Å². The Labute approximate surface area is 94.6 Å². The summed E-state index contributed by atoms with van der Waals surface area (Å²) in [7, 11) is 1.63. The van der Waals surface area contributed by atoms with Gasteiger partial charge in [0.15, 0.2) is 5.88 Å². The third kappa shape index (κ3) is 2.76. The van der Waals surface area contributed by atoms with Crippen LogP contribution in [0.5, 0.6) is 0 Å². The third-order valence-electron chi connectivity index (χ3n) is 2.37. The highest BCUT2D eigenvalue weighted by Crippen LogP contribution is 2.20. The molecular weight excluding hydrogens is 210 g/mol. The zero-order valence-corrected chi connectivity index (χ0v) is 9.77. The van der Waals surface area contributed by atoms with Gasteiger partial charge in [0.1, 0.15) is 0 Å². The number of carboxylic acid groups (broad SMARTS) is 1. The zero-order valence-electron chi connectivity index (χ0n) is 9.77. The summed E-state index contributed by atoms with van der Waals surface area (Å²) in [5.41, 5.74) is 0. The van der Waals surface area contributed by atoms with Crippen LogP contribution in [0, 0.1) is 0 Å². The lowest BCUT2D eigenvalue weighted by Gasteiger charge is -2.26. The fourth-order valence-corrected chi connectivity index (χ4v) is 1.61. The monoisotopic (exact) mass is 227 g/mol. The molecule has 0 amide bonds. The van der Waals surface area contributed by atoms with Gasteiger partial charge < -0.3 is 19.2 Å². The van der Waals surface area contributed by atoms with E-state index in [-0.39, 0.29) is 11.8 Å². The fourth-order valence-electron chi connectivity index (χ4n) is 1.61. The standard InChI is InChI=1S/C11H17NO4/c1-4-12(8(2)7-15-3)10-6-5-9(16-10)11(13)14/h5-6,8H,4,7H2,1-3H3,(H,13,14). The average Bonchev–Trinajstić information content (AvgIpc) is 2.68. The van der Waals surface area contributed by atoms with Crippen molar-refractivity contribution in [3.05, 3.63) is 17.9 Å². The summed E-state index contributed by atoms with van der Waals surface area (Å²) in [6.07, 6.45) is 0. The van der Waals surface area contributed by atoms with Crippen molar-refractivity contribution in [2.24, 2.45) is 0 Å². The third-order valence-corrected chi connectivity index (χ3v) is 2.37. The van der Waals surface area contributed by atoms with Gasteiger partial charge in [-0.2, -0.15) is 0 Å². The van der Waals surface area contributed by atoms with Crippen LogP contribution in [0.3, 0.4) is 0 Å². The second kappa shape index (κ2) is 5.55. The summed E-state index contributed by atoms with van der Waals surface area (Å²) in [5, 5.41) is 8.76. The van der Waals surface area contributed by atoms with Crippen molar-refractivity contribution in [3.63, 3.8) is 0 Å². The number of likely N-dealkylation sites (N-methyl/N-ethyl adjacent to an activating group) is 1. The molecule has 1 atom stereocenters. The molecule has 1 heterocycles. The summed E-state index contributed by atoms with van der Waals surface area (Å²) >= 11 is 0. The van der Waals surface area contributed by atoms with Crippen LogP contribution in [-0.2, 0) is 4.74 Å². The Hall–Kier alpha value is -1.49. The van der Waals surface area contributed by atoms with Crippen LogP contribution in [-0.4, -0.2) is 37.4 Å². The van der Waals surface area contributed by atoms with E-state index in [0.29, 0.717) is 12.5 Å². The van der Waals surface area contributed by atoms with E-state index < -0.39 is 5.97 Å². The van der Waals surface area contributed by atoms with Crippen LogP contribution < -0.4 is 4.90 Å². The SMILES string of the molecule is CCN(c1ccc(C(=O)O)o1)C(C)COC. The number of ether oxygens (including phenoxy) is 1. The molecular formula is C11H17NO4. The first-order chi connectivity index (χ1) is 7.60. The van der Waals surface area contributed by atoms with Crippen molar-refractivity contribution in [2.45, 2.75) is 19.9 Å². The minimum absolute atomic E-state index is 0.0435. The van der Waals surface area contributed by atoms with Gasteiger partial charge in [-0.1, -0.05) is 0 Å². The second-order valence-corrected chi connectivity index (χ2v) is 3.53. The van der Waals surface area contributed by atoms with Crippen LogP contribution in [0.15, 0.2) is 16.5 Å². The average molecular weight is 227 g/mol. The molecule has 0 aliphatic rings. The van der Waals surface area contributed by atoms with Gasteiger partial charge in [-0.3, -0.25) is 0 Å². The molecule has 0 spiro atoms. The Morgan fingerprint density at radius 3 is 2.75 bits per heavy atom. The molecule has 0 aromatic carbocycles. The highest BCUT2D eigenvalue weighted by atomic mass is 16.5. The van der Waals surface area contributed by atoms with Gasteiger partial charge in [0.05, 0.1) is 12.6 Å². The van der Waals surface area contributed by atoms with E-state index in [4.69, 9.17) is 14.3 Å². The van der Waals surface area contributed by atoms with Crippen LogP contribution >= 0.6 is 0 Å². The van der Waals surface area contributed by atoms with Gasteiger partial charge >= 0.3 is 5.97 Å². The molecule has 0 aliphatic heterocycles. The van der Waals surface area contributed by atoms with Crippen LogP contribution in [0.2, 0.25) is 0 Å². The lowest BCUT2D eigenvalue weighted by atomic mass is 10.3. The molecule has 1 unspecified atom stereocenters. The predicted molar refractivity (Wildman–Crippen MR) is 60.0 cm³/mol. The lowest BCUT2D eigenvalue weighted by Crippen LogP contribution is -2.35. The fraction of sp³-hybridized carbons (Fsp3) is 0.545. The van der Waals surface area contributed by atoms with Crippen molar-refractivity contribution < 1.29 is 19.1 Å². The first-order valence-electron chi connectivity index (χ1n) is 5.18. The summed E-state index contributed by atoms with van der Waals surface area (Å²) < 4.78 is 10.3. The number of methoxy groups -OCH3 is 1. The quantitative estimate of drug-likeness (QED) is 0.803. The molecule has 1 aromatic rings. The largest absolute Gasteiger partial charge is 0.475 e. The number of aromatic carboxylic acids is 1. The number of carbonyl (C=O) groups is 1. The molecule has 0 saturated carbocycles. The molecule has 5 nitrogen and oxygen atoms in total. The van der Waals surface area contributed by atoms with Crippen molar-refractivity contribution in [2.75, 3.05) is 25.2 Å². The number of nitrogens with zero attached hydrogens (tertiary/aromatic N) is 1. The topological polar surface area (TPSA) is 62.9 Å². The Morgan fingerprint density at radius 1 is 1.62 bits per heavy atom. The van der Waals surface area contributed by atoms with Gasteiger partial charge in [0, 0.05) is 19.7 Å². The summed E-state index contributed by atoms with van der Waals surface area (Å²) in [6, 6.07) is 3.27. The number of anilines is 1. The molecule has 0 radical (unpaired) electrons. The van der Waals surface area contributed by atoms with E-state index in [0.717, 1.165) is 6.54 Å². The van der Waals surface area contributed by atoms with Crippen LogP contribution in [0.25, 0.3) is 0 Å². The summed E-state index contributed by atoms with van der Waals surface area (Å²) in [6.45, 7) is 5.28. The Bertz CT molecular complexity index is 348. The number of hydrogen-bond acceptors (Lipinski definition) is 4. The Morgan fingerprint density at radius 2 is 2.31 bits per heavy atom. The van der Waals surface area contributed by atoms with Gasteiger partial charge in [0.2, 0.25) is 5.76 Å². The van der Waals surface area contributed by atoms with Gasteiger partial charge in [-0.25, -0.2) is 4.79 Å². The molecule has 5 heteroatoms. The maximum absolute atomic E-state index is 10.7. The van der Waals surface area contributed by atoms with Crippen LogP contribution in [0.4, 0.5) is 5.88 Å². The lowest BCUT2D eigenvalue weighted by molar-refractivity contribution is 0.0663. The highest BCUT2D eigenvalue weighted by molar-refractivity contribution is 5.84. The van der Waals surface area contributed by atoms with E-state index in [1.807, 2.05) is 18.7 Å². The first kappa shape index (κ1) is 12.6. The molecule has 90 valence electrons. The molecule has 1 rings (SSSR count). The van der Waals surface area contributed by atoms with E-state index in [1.54, 1.807) is 13.2 Å². The van der Waals surface area contributed by atoms with Gasteiger partial charge in [-0.15, -0.1) is 0 Å². The second-order valence-electron chi connectivity index (χ2n) is 3.53. The maximum atomic E-state index is 10.7. The maximum Gasteiger partial charge on any atom is 0.371 e. The first-order valence-corrected chi connectivity index (χ1v) is 5.18. The van der Waals surface area contributed by atoms with E-state index in [2.05, 4.69) is 0 Å². The Kier molecular flexibility index (Phi) is 4.37. The minimum atomic E-state index is -1.05. The zero-order chi connectivity index (χ0) is 12.1. The van der Waals surface area contributed by atoms with E-state index in [1.165, 1.54) is 6.07 Å². The van der Waals surface area contributed by atoms with E-state index in [9.17, 15) is 4.79 Å². The predicted octanol–water partition coefficient (Wildman–Crippen LogP) is 1.84. The van der Waals surface area contributed by atoms with Gasteiger partial charge in [-0.05, 0) is 19.9 Å². The van der Waals surface area contributed by atoms with Crippen molar-refractivity contribution in [1.82, 2.24) is 0 Å². The molecule has 0 saturated heterocycles. The number of furan rings is 1. The molecule has 0 bridgehead atoms. The molecule has 16 heavy (non-hydrogen) atoms. The van der Waals surface area contributed by atoms with Crippen molar-refractivity contribution in [3.8, 4) is 0 Å². The molecule has 0 aliphatic carbocycles. The van der Waals surface area contributed by atoms with Crippen LogP contribution in [0.1, 0.15) is 24.4 Å². The minimum Gasteiger partial charge on any atom is -0.475 e. The highest BCUT2D eigenvalue weighted by Gasteiger charge is 2.17. The molecule has 1 N–H and O–H groups in total. The smallest absolute Gasteiger partial charge is 0.371 e. The van der Waals surface area contributed by atoms with Gasteiger partial charge in [0.25, 0.3) is 0 Å².